The van der Waals surface area contributed by atoms with Gasteiger partial charge in [-0.1, -0.05) is 12.1 Å². The van der Waals surface area contributed by atoms with Gasteiger partial charge < -0.3 is 15.3 Å². The van der Waals surface area contributed by atoms with E-state index in [1.165, 1.54) is 6.07 Å². The lowest BCUT2D eigenvalue weighted by Crippen LogP contribution is -2.49. The first kappa shape index (κ1) is 15.4. The number of carboxylic acids is 1. The average Bonchev–Trinajstić information content (AvgIpc) is 2.40. The third-order valence-corrected chi connectivity index (χ3v) is 4.16. The summed E-state index contributed by atoms with van der Waals surface area (Å²) < 4.78 is 0. The van der Waals surface area contributed by atoms with E-state index in [4.69, 9.17) is 0 Å². The Hall–Kier alpha value is -2.04. The Bertz CT molecular complexity index is 546. The Labute approximate surface area is 125 Å². The molecule has 2 amide bonds. The number of para-hydroxylation sites is 1. The Morgan fingerprint density at radius 3 is 2.43 bits per heavy atom. The largest absolute Gasteiger partial charge is 0.478 e. The number of anilines is 1. The zero-order valence-corrected chi connectivity index (χ0v) is 12.7. The third kappa shape index (κ3) is 3.17. The minimum absolute atomic E-state index is 0.126. The molecule has 2 N–H and O–H groups in total. The molecule has 1 heterocycles. The van der Waals surface area contributed by atoms with E-state index in [-0.39, 0.29) is 23.7 Å². The molecule has 0 aliphatic carbocycles. The number of hydrogen-bond donors (Lipinski definition) is 2. The van der Waals surface area contributed by atoms with E-state index in [9.17, 15) is 14.7 Å². The smallest absolute Gasteiger partial charge is 0.337 e. The molecule has 1 fully saturated rings. The van der Waals surface area contributed by atoms with Crippen molar-refractivity contribution in [1.29, 1.82) is 0 Å². The highest BCUT2D eigenvalue weighted by molar-refractivity contribution is 6.01. The number of urea groups is 1. The number of likely N-dealkylation sites (tertiary alicyclic amines) is 1. The molecule has 1 aromatic rings. The van der Waals surface area contributed by atoms with Crippen LogP contribution in [0.1, 0.15) is 49.0 Å². The summed E-state index contributed by atoms with van der Waals surface area (Å²) in [6.45, 7) is 5.86. The Morgan fingerprint density at radius 2 is 1.86 bits per heavy atom. The first-order chi connectivity index (χ1) is 9.91. The van der Waals surface area contributed by atoms with Crippen LogP contribution in [-0.2, 0) is 0 Å². The highest BCUT2D eigenvalue weighted by atomic mass is 16.4. The number of aromatic carboxylic acids is 1. The molecule has 0 radical (unpaired) electrons. The van der Waals surface area contributed by atoms with E-state index < -0.39 is 5.97 Å². The van der Waals surface area contributed by atoms with E-state index in [1.807, 2.05) is 18.7 Å². The number of rotatable bonds is 2. The lowest BCUT2D eigenvalue weighted by atomic mass is 9.98. The molecule has 21 heavy (non-hydrogen) atoms. The summed E-state index contributed by atoms with van der Waals surface area (Å²) in [5.74, 6) is -1.03. The van der Waals surface area contributed by atoms with Crippen molar-refractivity contribution < 1.29 is 14.7 Å². The van der Waals surface area contributed by atoms with Crippen molar-refractivity contribution in [3.05, 3.63) is 29.3 Å². The van der Waals surface area contributed by atoms with Crippen LogP contribution in [0.2, 0.25) is 0 Å². The van der Waals surface area contributed by atoms with Gasteiger partial charge >= 0.3 is 12.0 Å². The second kappa shape index (κ2) is 6.16. The maximum absolute atomic E-state index is 12.5. The zero-order chi connectivity index (χ0) is 15.6. The van der Waals surface area contributed by atoms with Crippen molar-refractivity contribution >= 4 is 17.7 Å². The van der Waals surface area contributed by atoms with Crippen molar-refractivity contribution in [3.8, 4) is 0 Å². The van der Waals surface area contributed by atoms with Gasteiger partial charge in [-0.15, -0.1) is 0 Å². The second-order valence-corrected chi connectivity index (χ2v) is 5.77. The van der Waals surface area contributed by atoms with E-state index in [2.05, 4.69) is 5.32 Å². The molecule has 0 unspecified atom stereocenters. The van der Waals surface area contributed by atoms with Gasteiger partial charge in [-0.05, 0) is 51.7 Å². The van der Waals surface area contributed by atoms with Gasteiger partial charge in [-0.2, -0.15) is 0 Å². The molecule has 0 aromatic heterocycles. The first-order valence-electron chi connectivity index (χ1n) is 7.34. The number of piperidine rings is 1. The van der Waals surface area contributed by atoms with Crippen LogP contribution in [0.5, 0.6) is 0 Å². The van der Waals surface area contributed by atoms with Gasteiger partial charge in [0, 0.05) is 12.1 Å². The number of nitrogens with zero attached hydrogens (tertiary/aromatic N) is 1. The van der Waals surface area contributed by atoms with Crippen LogP contribution in [0.3, 0.4) is 0 Å². The van der Waals surface area contributed by atoms with E-state index >= 15 is 0 Å². The topological polar surface area (TPSA) is 69.6 Å². The Kier molecular flexibility index (Phi) is 4.50. The fraction of sp³-hybridized carbons (Fsp3) is 0.500. The van der Waals surface area contributed by atoms with E-state index in [1.54, 1.807) is 19.1 Å². The summed E-state index contributed by atoms with van der Waals surface area (Å²) in [5, 5.41) is 12.0. The summed E-state index contributed by atoms with van der Waals surface area (Å²) in [6.07, 6.45) is 3.09. The van der Waals surface area contributed by atoms with Crippen molar-refractivity contribution in [2.24, 2.45) is 0 Å². The van der Waals surface area contributed by atoms with Gasteiger partial charge in [0.15, 0.2) is 0 Å². The molecule has 114 valence electrons. The van der Waals surface area contributed by atoms with E-state index in [0.717, 1.165) is 24.8 Å². The number of carbonyl (C=O) groups excluding carboxylic acids is 1. The fourth-order valence-electron chi connectivity index (χ4n) is 3.00. The monoisotopic (exact) mass is 290 g/mol. The molecular weight excluding hydrogens is 268 g/mol. The van der Waals surface area contributed by atoms with Gasteiger partial charge in [0.1, 0.15) is 0 Å². The molecule has 5 heteroatoms. The number of carbonyl (C=O) groups is 2. The quantitative estimate of drug-likeness (QED) is 0.876. The van der Waals surface area contributed by atoms with Crippen LogP contribution in [0, 0.1) is 6.92 Å². The van der Waals surface area contributed by atoms with Crippen molar-refractivity contribution in [2.45, 2.75) is 52.1 Å². The van der Waals surface area contributed by atoms with Crippen LogP contribution < -0.4 is 5.32 Å². The fourth-order valence-corrected chi connectivity index (χ4v) is 3.00. The number of nitrogens with one attached hydrogen (secondary N) is 1. The van der Waals surface area contributed by atoms with E-state index in [0.29, 0.717) is 5.69 Å². The van der Waals surface area contributed by atoms with Crippen LogP contribution in [0.15, 0.2) is 18.2 Å². The summed E-state index contributed by atoms with van der Waals surface area (Å²) >= 11 is 0. The summed E-state index contributed by atoms with van der Waals surface area (Å²) in [6, 6.07) is 5.11. The first-order valence-corrected chi connectivity index (χ1v) is 7.34. The number of aryl methyl sites for hydroxylation is 1. The molecule has 1 aromatic carbocycles. The van der Waals surface area contributed by atoms with Crippen LogP contribution in [0.25, 0.3) is 0 Å². The summed E-state index contributed by atoms with van der Waals surface area (Å²) in [4.78, 5) is 25.7. The average molecular weight is 290 g/mol. The maximum atomic E-state index is 12.5. The molecule has 2 rings (SSSR count). The van der Waals surface area contributed by atoms with Crippen LogP contribution in [0.4, 0.5) is 10.5 Å². The van der Waals surface area contributed by atoms with Crippen molar-refractivity contribution in [1.82, 2.24) is 4.90 Å². The number of hydrogen-bond acceptors (Lipinski definition) is 2. The third-order valence-electron chi connectivity index (χ3n) is 4.16. The molecule has 1 aliphatic heterocycles. The molecule has 1 aliphatic rings. The zero-order valence-electron chi connectivity index (χ0n) is 12.7. The van der Waals surface area contributed by atoms with Gasteiger partial charge in [0.25, 0.3) is 0 Å². The Morgan fingerprint density at radius 1 is 1.24 bits per heavy atom. The highest BCUT2D eigenvalue weighted by Gasteiger charge is 2.29. The minimum atomic E-state index is -1.03. The SMILES string of the molecule is Cc1cccc(C(=O)O)c1NC(=O)N1[C@H](C)CCC[C@@H]1C. The maximum Gasteiger partial charge on any atom is 0.337 e. The predicted molar refractivity (Wildman–Crippen MR) is 81.8 cm³/mol. The Balaban J connectivity index is 2.25. The summed E-state index contributed by atoms with van der Waals surface area (Å²) in [7, 11) is 0. The van der Waals surface area contributed by atoms with Crippen molar-refractivity contribution in [3.63, 3.8) is 0 Å². The normalized spacial score (nSPS) is 22.0. The van der Waals surface area contributed by atoms with Gasteiger partial charge in [-0.25, -0.2) is 9.59 Å². The molecular formula is C16H22N2O3. The van der Waals surface area contributed by atoms with Crippen molar-refractivity contribution in [2.75, 3.05) is 5.32 Å². The molecule has 0 saturated carbocycles. The number of amides is 2. The predicted octanol–water partition coefficient (Wildman–Crippen LogP) is 3.49. The van der Waals surface area contributed by atoms with Gasteiger partial charge in [0.05, 0.1) is 11.3 Å². The van der Waals surface area contributed by atoms with Gasteiger partial charge in [-0.3, -0.25) is 0 Å². The van der Waals surface area contributed by atoms with Gasteiger partial charge in [0.2, 0.25) is 0 Å². The molecule has 0 bridgehead atoms. The second-order valence-electron chi connectivity index (χ2n) is 5.77. The molecule has 1 saturated heterocycles. The number of carboxylic acid groups (broad SMARTS) is 1. The minimum Gasteiger partial charge on any atom is -0.478 e. The van der Waals surface area contributed by atoms with Crippen LogP contribution in [-0.4, -0.2) is 34.1 Å². The standard InChI is InChI=1S/C16H22N2O3/c1-10-6-4-9-13(15(19)20)14(10)17-16(21)18-11(2)7-5-8-12(18)3/h4,6,9,11-12H,5,7-8H2,1-3H3,(H,17,21)(H,19,20)/t11-,12+. The highest BCUT2D eigenvalue weighted by Crippen LogP contribution is 2.26. The molecule has 0 spiro atoms. The molecule has 5 nitrogen and oxygen atoms in total. The number of benzene rings is 1. The van der Waals surface area contributed by atoms with Crippen LogP contribution >= 0.6 is 0 Å². The molecule has 2 atom stereocenters. The lowest BCUT2D eigenvalue weighted by molar-refractivity contribution is 0.0698. The summed E-state index contributed by atoms with van der Waals surface area (Å²) in [5.41, 5.74) is 1.27. The lowest BCUT2D eigenvalue weighted by Gasteiger charge is -2.39.